The average Bonchev–Trinajstić information content (AvgIpc) is 3.38. The minimum atomic E-state index is -0.487. The fourth-order valence-corrected chi connectivity index (χ4v) is 5.29. The maximum absolute atomic E-state index is 14.0. The highest BCUT2D eigenvalue weighted by molar-refractivity contribution is 7.17. The first-order chi connectivity index (χ1) is 15.0. The topological polar surface area (TPSA) is 68.5 Å². The quantitative estimate of drug-likeness (QED) is 0.470. The number of amides is 1. The number of furan rings is 1. The van der Waals surface area contributed by atoms with Crippen LogP contribution in [0.15, 0.2) is 40.8 Å². The molecule has 1 aliphatic rings. The summed E-state index contributed by atoms with van der Waals surface area (Å²) in [5.41, 5.74) is 1.71. The van der Waals surface area contributed by atoms with E-state index in [1.165, 1.54) is 23.5 Å². The minimum Gasteiger partial charge on any atom is -0.462 e. The van der Waals surface area contributed by atoms with Crippen molar-refractivity contribution in [2.45, 2.75) is 39.5 Å². The van der Waals surface area contributed by atoms with Crippen LogP contribution in [0.25, 0.3) is 11.3 Å². The molecule has 1 aliphatic carbocycles. The number of rotatable bonds is 6. The zero-order valence-corrected chi connectivity index (χ0v) is 18.3. The SMILES string of the molecule is CCOC(=O)c1c(NC(=O)c2ccc(-c3ccccc3F)o2)sc2c1CCC(CC)C2. The summed E-state index contributed by atoms with van der Waals surface area (Å²) in [6, 6.07) is 9.28. The van der Waals surface area contributed by atoms with Crippen LogP contribution in [0.3, 0.4) is 0 Å². The van der Waals surface area contributed by atoms with Gasteiger partial charge in [0.1, 0.15) is 16.6 Å². The maximum atomic E-state index is 14.0. The van der Waals surface area contributed by atoms with Crippen LogP contribution in [-0.4, -0.2) is 18.5 Å². The fraction of sp³-hybridized carbons (Fsp3) is 0.333. The smallest absolute Gasteiger partial charge is 0.341 e. The predicted molar refractivity (Wildman–Crippen MR) is 118 cm³/mol. The molecular weight excluding hydrogens is 417 g/mol. The van der Waals surface area contributed by atoms with E-state index in [2.05, 4.69) is 12.2 Å². The Hall–Kier alpha value is -2.93. The fourth-order valence-electron chi connectivity index (χ4n) is 3.94. The second-order valence-corrected chi connectivity index (χ2v) is 8.65. The molecule has 2 aromatic heterocycles. The van der Waals surface area contributed by atoms with E-state index in [-0.39, 0.29) is 23.7 Å². The largest absolute Gasteiger partial charge is 0.462 e. The first kappa shape index (κ1) is 21.3. The summed E-state index contributed by atoms with van der Waals surface area (Å²) in [5, 5.41) is 3.31. The zero-order chi connectivity index (χ0) is 22.0. The molecule has 5 nitrogen and oxygen atoms in total. The number of ether oxygens (including phenoxy) is 1. The second kappa shape index (κ2) is 9.06. The van der Waals surface area contributed by atoms with E-state index in [1.54, 1.807) is 31.2 Å². The first-order valence-electron chi connectivity index (χ1n) is 10.5. The number of nitrogens with one attached hydrogen (secondary N) is 1. The van der Waals surface area contributed by atoms with Crippen LogP contribution in [-0.2, 0) is 17.6 Å². The van der Waals surface area contributed by atoms with E-state index in [9.17, 15) is 14.0 Å². The summed E-state index contributed by atoms with van der Waals surface area (Å²) < 4.78 is 24.9. The number of anilines is 1. The van der Waals surface area contributed by atoms with Crippen LogP contribution in [0.4, 0.5) is 9.39 Å². The van der Waals surface area contributed by atoms with Gasteiger partial charge in [-0.05, 0) is 61.9 Å². The number of halogens is 1. The molecular formula is C24H24FNO4S. The lowest BCUT2D eigenvalue weighted by Gasteiger charge is -2.20. The third kappa shape index (κ3) is 4.28. The molecule has 0 aliphatic heterocycles. The Balaban J connectivity index is 1.62. The Bertz CT molecular complexity index is 1120. The van der Waals surface area contributed by atoms with Gasteiger partial charge in [0, 0.05) is 4.88 Å². The third-order valence-electron chi connectivity index (χ3n) is 5.62. The number of carbonyl (C=O) groups excluding carboxylic acids is 2. The highest BCUT2D eigenvalue weighted by Gasteiger charge is 2.30. The molecule has 0 saturated heterocycles. The molecule has 1 N–H and O–H groups in total. The summed E-state index contributed by atoms with van der Waals surface area (Å²) >= 11 is 1.43. The first-order valence-corrected chi connectivity index (χ1v) is 11.3. The standard InChI is InChI=1S/C24H24FNO4S/c1-3-14-9-10-16-20(13-14)31-23(21(16)24(28)29-4-2)26-22(27)19-12-11-18(30-19)15-7-5-6-8-17(15)25/h5-8,11-12,14H,3-4,9-10,13H2,1-2H3,(H,26,27). The molecule has 1 unspecified atom stereocenters. The lowest BCUT2D eigenvalue weighted by atomic mass is 9.85. The number of benzene rings is 1. The van der Waals surface area contributed by atoms with E-state index < -0.39 is 17.7 Å². The van der Waals surface area contributed by atoms with Crippen molar-refractivity contribution in [1.29, 1.82) is 0 Å². The van der Waals surface area contributed by atoms with Crippen molar-refractivity contribution in [3.8, 4) is 11.3 Å². The van der Waals surface area contributed by atoms with Crippen LogP contribution in [0.1, 0.15) is 58.0 Å². The number of hydrogen-bond donors (Lipinski definition) is 1. The molecule has 1 atom stereocenters. The highest BCUT2D eigenvalue weighted by Crippen LogP contribution is 2.41. The van der Waals surface area contributed by atoms with E-state index in [4.69, 9.17) is 9.15 Å². The average molecular weight is 442 g/mol. The molecule has 31 heavy (non-hydrogen) atoms. The minimum absolute atomic E-state index is 0.0471. The van der Waals surface area contributed by atoms with Crippen molar-refractivity contribution in [1.82, 2.24) is 0 Å². The number of hydrogen-bond acceptors (Lipinski definition) is 5. The second-order valence-electron chi connectivity index (χ2n) is 7.54. The zero-order valence-electron chi connectivity index (χ0n) is 17.5. The van der Waals surface area contributed by atoms with Gasteiger partial charge in [-0.25, -0.2) is 9.18 Å². The number of esters is 1. The van der Waals surface area contributed by atoms with Gasteiger partial charge in [-0.1, -0.05) is 25.5 Å². The predicted octanol–water partition coefficient (Wildman–Crippen LogP) is 6.09. The molecule has 1 aromatic carbocycles. The van der Waals surface area contributed by atoms with E-state index in [1.807, 2.05) is 0 Å². The van der Waals surface area contributed by atoms with Gasteiger partial charge in [0.2, 0.25) is 0 Å². The van der Waals surface area contributed by atoms with Crippen LogP contribution in [0, 0.1) is 11.7 Å². The summed E-state index contributed by atoms with van der Waals surface area (Å²) in [6.45, 7) is 4.19. The molecule has 2 heterocycles. The van der Waals surface area contributed by atoms with Crippen molar-refractivity contribution in [2.75, 3.05) is 11.9 Å². The van der Waals surface area contributed by atoms with Crippen LogP contribution < -0.4 is 5.32 Å². The van der Waals surface area contributed by atoms with Gasteiger partial charge in [0.15, 0.2) is 5.76 Å². The Morgan fingerprint density at radius 1 is 1.23 bits per heavy atom. The molecule has 0 radical (unpaired) electrons. The molecule has 7 heteroatoms. The third-order valence-corrected chi connectivity index (χ3v) is 6.79. The van der Waals surface area contributed by atoms with Gasteiger partial charge in [0.05, 0.1) is 17.7 Å². The van der Waals surface area contributed by atoms with Crippen molar-refractivity contribution in [3.63, 3.8) is 0 Å². The number of fused-ring (bicyclic) bond motifs is 1. The molecule has 162 valence electrons. The Morgan fingerprint density at radius 3 is 2.77 bits per heavy atom. The van der Waals surface area contributed by atoms with Gasteiger partial charge in [-0.3, -0.25) is 4.79 Å². The van der Waals surface area contributed by atoms with Gasteiger partial charge in [-0.15, -0.1) is 11.3 Å². The van der Waals surface area contributed by atoms with Crippen LogP contribution in [0.5, 0.6) is 0 Å². The van der Waals surface area contributed by atoms with Gasteiger partial charge in [0.25, 0.3) is 5.91 Å². The molecule has 0 bridgehead atoms. The normalized spacial score (nSPS) is 15.4. The van der Waals surface area contributed by atoms with E-state index in [0.717, 1.165) is 36.1 Å². The molecule has 4 rings (SSSR count). The lowest BCUT2D eigenvalue weighted by Crippen LogP contribution is -2.17. The summed E-state index contributed by atoms with van der Waals surface area (Å²) in [7, 11) is 0. The summed E-state index contributed by atoms with van der Waals surface area (Å²) in [5.74, 6) is -0.436. The molecule has 0 saturated carbocycles. The van der Waals surface area contributed by atoms with Gasteiger partial charge < -0.3 is 14.5 Å². The lowest BCUT2D eigenvalue weighted by molar-refractivity contribution is 0.0526. The molecule has 1 amide bonds. The highest BCUT2D eigenvalue weighted by atomic mass is 32.1. The Labute approximate surface area is 184 Å². The monoisotopic (exact) mass is 441 g/mol. The van der Waals surface area contributed by atoms with E-state index in [0.29, 0.717) is 16.5 Å². The van der Waals surface area contributed by atoms with Crippen molar-refractivity contribution in [2.24, 2.45) is 5.92 Å². The van der Waals surface area contributed by atoms with Crippen LogP contribution >= 0.6 is 11.3 Å². The maximum Gasteiger partial charge on any atom is 0.341 e. The van der Waals surface area contributed by atoms with Crippen LogP contribution in [0.2, 0.25) is 0 Å². The summed E-state index contributed by atoms with van der Waals surface area (Å²) in [6.07, 6.45) is 3.80. The molecule has 0 spiro atoms. The van der Waals surface area contributed by atoms with Crippen molar-refractivity contribution < 1.29 is 23.1 Å². The summed E-state index contributed by atoms with van der Waals surface area (Å²) in [4.78, 5) is 26.7. The Kier molecular flexibility index (Phi) is 6.23. The van der Waals surface area contributed by atoms with Crippen molar-refractivity contribution >= 4 is 28.2 Å². The van der Waals surface area contributed by atoms with Gasteiger partial charge >= 0.3 is 5.97 Å². The molecule has 0 fully saturated rings. The number of thiophene rings is 1. The molecule has 3 aromatic rings. The van der Waals surface area contributed by atoms with Crippen molar-refractivity contribution in [3.05, 3.63) is 64.0 Å². The Morgan fingerprint density at radius 2 is 2.03 bits per heavy atom. The van der Waals surface area contributed by atoms with Gasteiger partial charge in [-0.2, -0.15) is 0 Å². The van der Waals surface area contributed by atoms with E-state index >= 15 is 0 Å². The number of carbonyl (C=O) groups is 2.